The van der Waals surface area contributed by atoms with Crippen LogP contribution in [-0.4, -0.2) is 31.0 Å². The first-order chi connectivity index (χ1) is 14.0. The van der Waals surface area contributed by atoms with Gasteiger partial charge in [0.15, 0.2) is 0 Å². The molecule has 0 bridgehead atoms. The number of thiophene rings is 2. The molecule has 2 aromatic heterocycles. The Labute approximate surface area is 186 Å². The third-order valence-electron chi connectivity index (χ3n) is 4.19. The summed E-state index contributed by atoms with van der Waals surface area (Å²) in [6.45, 7) is 1.11. The van der Waals surface area contributed by atoms with Crippen LogP contribution >= 0.6 is 34.3 Å². The molecule has 10 heteroatoms. The molecule has 3 aromatic rings. The molecule has 1 aromatic carbocycles. The van der Waals surface area contributed by atoms with Gasteiger partial charge in [-0.1, -0.05) is 19.0 Å². The smallest absolute Gasteiger partial charge is 0.289 e. The fourth-order valence-electron chi connectivity index (χ4n) is 2.77. The van der Waals surface area contributed by atoms with Gasteiger partial charge in [0.1, 0.15) is 6.61 Å². The molecule has 30 heavy (non-hydrogen) atoms. The zero-order chi connectivity index (χ0) is 20.4. The number of nitrogens with zero attached hydrogens (tertiary/aromatic N) is 1. The minimum Gasteiger partial charge on any atom is -0.463 e. The first-order valence-corrected chi connectivity index (χ1v) is 10.7. The van der Waals surface area contributed by atoms with Crippen molar-refractivity contribution < 1.29 is 14.3 Å². The van der Waals surface area contributed by atoms with Gasteiger partial charge in [0.25, 0.3) is 17.8 Å². The van der Waals surface area contributed by atoms with Crippen molar-refractivity contribution in [2.24, 2.45) is 0 Å². The van der Waals surface area contributed by atoms with Crippen LogP contribution in [0.4, 0.5) is 17.1 Å². The molecule has 0 unspecified atom stereocenters. The predicted molar refractivity (Wildman–Crippen MR) is 124 cm³/mol. The number of carbonyl (C=O) groups is 2. The van der Waals surface area contributed by atoms with Gasteiger partial charge in [-0.2, -0.15) is 0 Å². The molecule has 1 saturated heterocycles. The average molecular weight is 463 g/mol. The van der Waals surface area contributed by atoms with Gasteiger partial charge in [-0.15, -0.1) is 22.7 Å². The highest BCUT2D eigenvalue weighted by molar-refractivity contribution is 7.18. The molecule has 3 N–H and O–H groups in total. The topological polar surface area (TPSA) is 94.5 Å². The third-order valence-corrected chi connectivity index (χ3v) is 6.16. The Hall–Kier alpha value is -2.88. The number of hydrogen-bond acceptors (Lipinski definition) is 6. The van der Waals surface area contributed by atoms with Crippen molar-refractivity contribution in [1.29, 1.82) is 5.41 Å². The summed E-state index contributed by atoms with van der Waals surface area (Å²) in [7, 11) is 0. The fraction of sp³-hybridized carbons (Fsp3) is 0.150. The lowest BCUT2D eigenvalue weighted by molar-refractivity contribution is 0.102. The number of hydrogen-bond donors (Lipinski definition) is 3. The van der Waals surface area contributed by atoms with Crippen LogP contribution in [-0.2, 0) is 4.74 Å². The predicted octanol–water partition coefficient (Wildman–Crippen LogP) is 5.38. The van der Waals surface area contributed by atoms with E-state index in [1.165, 1.54) is 22.7 Å². The highest BCUT2D eigenvalue weighted by atomic mass is 35.5. The quantitative estimate of drug-likeness (QED) is 0.474. The van der Waals surface area contributed by atoms with E-state index >= 15 is 0 Å². The molecule has 2 amide bonds. The van der Waals surface area contributed by atoms with E-state index < -0.39 is 0 Å². The Morgan fingerprint density at radius 3 is 2.47 bits per heavy atom. The van der Waals surface area contributed by atoms with Gasteiger partial charge in [-0.25, -0.2) is 0 Å². The lowest BCUT2D eigenvalue weighted by atomic mass is 10.2. The lowest BCUT2D eigenvalue weighted by Gasteiger charge is -2.15. The summed E-state index contributed by atoms with van der Waals surface area (Å²) >= 11 is 8.37. The maximum Gasteiger partial charge on any atom is 0.289 e. The van der Waals surface area contributed by atoms with Crippen molar-refractivity contribution in [2.45, 2.75) is 7.43 Å². The molecule has 1 aliphatic heterocycles. The van der Waals surface area contributed by atoms with E-state index in [9.17, 15) is 9.59 Å². The Bertz CT molecular complexity index is 1080. The van der Waals surface area contributed by atoms with E-state index in [-0.39, 0.29) is 25.3 Å². The highest BCUT2D eigenvalue weighted by Gasteiger charge is 2.20. The standard InChI is InChI=1S/C19H15ClN4O3S2.CH4/c20-16-6-5-15(29-16)18(26)23-14-10-28-9-13(14)17(25)22-11-1-3-12(4-2-11)24-7-8-27-19(24)21;/h1-6,9-10,21H,7-8H2,(H,22,25)(H,23,26);1H4. The number of nitrogens with one attached hydrogen (secondary N) is 3. The number of rotatable bonds is 5. The van der Waals surface area contributed by atoms with Crippen LogP contribution < -0.4 is 15.5 Å². The molecule has 4 rings (SSSR count). The monoisotopic (exact) mass is 462 g/mol. The van der Waals surface area contributed by atoms with Gasteiger partial charge < -0.3 is 15.4 Å². The molecular weight excluding hydrogens is 444 g/mol. The van der Waals surface area contributed by atoms with Gasteiger partial charge in [0.05, 0.1) is 27.0 Å². The van der Waals surface area contributed by atoms with Gasteiger partial charge in [0.2, 0.25) is 0 Å². The van der Waals surface area contributed by atoms with Crippen LogP contribution in [0.5, 0.6) is 0 Å². The van der Waals surface area contributed by atoms with E-state index in [4.69, 9.17) is 21.7 Å². The molecule has 1 aliphatic rings. The van der Waals surface area contributed by atoms with Crippen molar-refractivity contribution >= 4 is 69.2 Å². The van der Waals surface area contributed by atoms with Crippen LogP contribution in [0.3, 0.4) is 0 Å². The van der Waals surface area contributed by atoms with Gasteiger partial charge in [-0.05, 0) is 36.4 Å². The summed E-state index contributed by atoms with van der Waals surface area (Å²) in [4.78, 5) is 27.2. The minimum absolute atomic E-state index is 0. The zero-order valence-corrected chi connectivity index (χ0v) is 17.3. The largest absolute Gasteiger partial charge is 0.463 e. The molecule has 0 saturated carbocycles. The Balaban J connectivity index is 0.00000256. The van der Waals surface area contributed by atoms with E-state index in [1.54, 1.807) is 39.9 Å². The maximum atomic E-state index is 12.7. The van der Waals surface area contributed by atoms with Crippen LogP contribution in [0.2, 0.25) is 4.34 Å². The number of amides is 2. The van der Waals surface area contributed by atoms with Crippen molar-refractivity contribution in [2.75, 3.05) is 28.7 Å². The Kier molecular flexibility index (Phi) is 6.76. The number of amidine groups is 1. The second-order valence-corrected chi connectivity index (χ2v) is 8.52. The van der Waals surface area contributed by atoms with Gasteiger partial charge in [-0.3, -0.25) is 19.9 Å². The molecule has 0 radical (unpaired) electrons. The summed E-state index contributed by atoms with van der Waals surface area (Å²) in [5, 5.41) is 16.7. The summed E-state index contributed by atoms with van der Waals surface area (Å²) in [6.07, 6.45) is 0. The molecule has 7 nitrogen and oxygen atoms in total. The normalized spacial score (nSPS) is 12.8. The van der Waals surface area contributed by atoms with Crippen LogP contribution in [0, 0.1) is 5.41 Å². The SMILES string of the molecule is C.N=C1OCCN1c1ccc(NC(=O)c2cscc2NC(=O)c2ccc(Cl)s2)cc1. The lowest BCUT2D eigenvalue weighted by Crippen LogP contribution is -2.23. The highest BCUT2D eigenvalue weighted by Crippen LogP contribution is 2.27. The second kappa shape index (κ2) is 9.29. The number of anilines is 3. The summed E-state index contributed by atoms with van der Waals surface area (Å²) in [5.41, 5.74) is 2.26. The van der Waals surface area contributed by atoms with Crippen molar-refractivity contribution in [3.8, 4) is 0 Å². The van der Waals surface area contributed by atoms with Crippen molar-refractivity contribution in [1.82, 2.24) is 0 Å². The second-order valence-electron chi connectivity index (χ2n) is 6.06. The van der Waals surface area contributed by atoms with Crippen molar-refractivity contribution in [3.05, 3.63) is 61.9 Å². The van der Waals surface area contributed by atoms with E-state index in [0.717, 1.165) is 5.69 Å². The third kappa shape index (κ3) is 4.64. The minimum atomic E-state index is -0.323. The number of ether oxygens (including phenoxy) is 1. The van der Waals surface area contributed by atoms with Crippen LogP contribution in [0.15, 0.2) is 47.2 Å². The molecular formula is C20H19ClN4O3S2. The van der Waals surface area contributed by atoms with Crippen molar-refractivity contribution in [3.63, 3.8) is 0 Å². The number of carbonyl (C=O) groups excluding carboxylic acids is 2. The summed E-state index contributed by atoms with van der Waals surface area (Å²) < 4.78 is 5.67. The molecule has 156 valence electrons. The first-order valence-electron chi connectivity index (χ1n) is 8.54. The van der Waals surface area contributed by atoms with Gasteiger partial charge in [0, 0.05) is 22.1 Å². The molecule has 0 atom stereocenters. The van der Waals surface area contributed by atoms with Gasteiger partial charge >= 0.3 is 0 Å². The molecule has 3 heterocycles. The maximum absolute atomic E-state index is 12.7. The Morgan fingerprint density at radius 2 is 1.83 bits per heavy atom. The van der Waals surface area contributed by atoms with E-state index in [2.05, 4.69) is 10.6 Å². The average Bonchev–Trinajstić information content (AvgIpc) is 3.44. The fourth-order valence-corrected chi connectivity index (χ4v) is 4.47. The van der Waals surface area contributed by atoms with E-state index in [1.807, 2.05) is 12.1 Å². The number of benzene rings is 1. The summed E-state index contributed by atoms with van der Waals surface area (Å²) in [6, 6.07) is 10.6. The first kappa shape index (κ1) is 21.8. The summed E-state index contributed by atoms with van der Waals surface area (Å²) in [5.74, 6) is -0.634. The van der Waals surface area contributed by atoms with Crippen LogP contribution in [0.1, 0.15) is 27.5 Å². The molecule has 0 spiro atoms. The molecule has 0 aliphatic carbocycles. The zero-order valence-electron chi connectivity index (χ0n) is 14.9. The van der Waals surface area contributed by atoms with E-state index in [0.29, 0.717) is 39.3 Å². The van der Waals surface area contributed by atoms with Crippen LogP contribution in [0.25, 0.3) is 0 Å². The Morgan fingerprint density at radius 1 is 1.07 bits per heavy atom. The molecule has 1 fully saturated rings. The number of halogens is 1.